The summed E-state index contributed by atoms with van der Waals surface area (Å²) in [5.74, 6) is 0. The minimum atomic E-state index is -0.909. The highest BCUT2D eigenvalue weighted by molar-refractivity contribution is 5.65. The van der Waals surface area contributed by atoms with E-state index in [1.165, 1.54) is 4.90 Å². The molecule has 1 amide bonds. The molecular formula is C11H13NO3. The highest BCUT2D eigenvalue weighted by Crippen LogP contribution is 2.16. The van der Waals surface area contributed by atoms with Gasteiger partial charge in [-0.25, -0.2) is 4.79 Å². The van der Waals surface area contributed by atoms with Crippen molar-refractivity contribution in [2.75, 3.05) is 13.2 Å². The van der Waals surface area contributed by atoms with Gasteiger partial charge >= 0.3 is 6.09 Å². The average molecular weight is 207 g/mol. The third-order valence-corrected chi connectivity index (χ3v) is 2.39. The van der Waals surface area contributed by atoms with E-state index in [9.17, 15) is 4.79 Å². The molecule has 1 heterocycles. The SMILES string of the molecule is O=C(O)N(CCc1ccccc1)[C@H]1CO1. The van der Waals surface area contributed by atoms with Crippen LogP contribution in [0.1, 0.15) is 5.56 Å². The quantitative estimate of drug-likeness (QED) is 0.762. The van der Waals surface area contributed by atoms with E-state index in [-0.39, 0.29) is 6.23 Å². The number of amides is 1. The third-order valence-electron chi connectivity index (χ3n) is 2.39. The van der Waals surface area contributed by atoms with Gasteiger partial charge in [0.2, 0.25) is 0 Å². The lowest BCUT2D eigenvalue weighted by Crippen LogP contribution is -2.34. The molecule has 1 saturated heterocycles. The van der Waals surface area contributed by atoms with Crippen molar-refractivity contribution in [3.05, 3.63) is 35.9 Å². The Balaban J connectivity index is 1.88. The zero-order valence-corrected chi connectivity index (χ0v) is 8.30. The van der Waals surface area contributed by atoms with Gasteiger partial charge in [0.1, 0.15) is 0 Å². The van der Waals surface area contributed by atoms with Crippen molar-refractivity contribution in [2.45, 2.75) is 12.6 Å². The number of hydrogen-bond donors (Lipinski definition) is 1. The fourth-order valence-corrected chi connectivity index (χ4v) is 1.48. The van der Waals surface area contributed by atoms with Crippen LogP contribution in [0.2, 0.25) is 0 Å². The van der Waals surface area contributed by atoms with Crippen LogP contribution in [0.3, 0.4) is 0 Å². The molecule has 1 N–H and O–H groups in total. The summed E-state index contributed by atoms with van der Waals surface area (Å²) in [6.45, 7) is 1.02. The summed E-state index contributed by atoms with van der Waals surface area (Å²) in [5.41, 5.74) is 1.14. The minimum absolute atomic E-state index is 0.216. The van der Waals surface area contributed by atoms with Gasteiger partial charge in [0.15, 0.2) is 6.23 Å². The van der Waals surface area contributed by atoms with Gasteiger partial charge in [0, 0.05) is 6.54 Å². The smallest absolute Gasteiger partial charge is 0.409 e. The molecule has 0 spiro atoms. The van der Waals surface area contributed by atoms with E-state index >= 15 is 0 Å². The molecule has 80 valence electrons. The summed E-state index contributed by atoms with van der Waals surface area (Å²) in [6.07, 6.45) is -0.396. The predicted octanol–water partition coefficient (Wildman–Crippen LogP) is 1.57. The maximum Gasteiger partial charge on any atom is 0.409 e. The zero-order chi connectivity index (χ0) is 10.7. The van der Waals surface area contributed by atoms with E-state index in [4.69, 9.17) is 9.84 Å². The van der Waals surface area contributed by atoms with Gasteiger partial charge in [-0.05, 0) is 12.0 Å². The lowest BCUT2D eigenvalue weighted by molar-refractivity contribution is 0.120. The van der Waals surface area contributed by atoms with Crippen molar-refractivity contribution >= 4 is 6.09 Å². The molecule has 0 saturated carbocycles. The Hall–Kier alpha value is -1.55. The number of hydrogen-bond acceptors (Lipinski definition) is 2. The highest BCUT2D eigenvalue weighted by atomic mass is 16.6. The van der Waals surface area contributed by atoms with E-state index in [1.807, 2.05) is 30.3 Å². The second-order valence-corrected chi connectivity index (χ2v) is 3.50. The summed E-state index contributed by atoms with van der Waals surface area (Å²) in [6, 6.07) is 9.84. The molecule has 1 aromatic carbocycles. The van der Waals surface area contributed by atoms with E-state index in [2.05, 4.69) is 0 Å². The summed E-state index contributed by atoms with van der Waals surface area (Å²) >= 11 is 0. The van der Waals surface area contributed by atoms with Crippen molar-refractivity contribution in [3.63, 3.8) is 0 Å². The van der Waals surface area contributed by atoms with Gasteiger partial charge in [-0.15, -0.1) is 0 Å². The Morgan fingerprint density at radius 2 is 2.13 bits per heavy atom. The maximum absolute atomic E-state index is 10.8. The number of rotatable bonds is 4. The molecule has 4 heteroatoms. The summed E-state index contributed by atoms with van der Waals surface area (Å²) in [4.78, 5) is 12.2. The van der Waals surface area contributed by atoms with Crippen LogP contribution in [0.25, 0.3) is 0 Å². The molecule has 1 aromatic rings. The Labute approximate surface area is 88.1 Å². The lowest BCUT2D eigenvalue weighted by atomic mass is 10.1. The molecule has 0 aromatic heterocycles. The first-order valence-electron chi connectivity index (χ1n) is 4.92. The maximum atomic E-state index is 10.8. The number of epoxide rings is 1. The van der Waals surface area contributed by atoms with Crippen LogP contribution in [0.4, 0.5) is 4.79 Å². The van der Waals surface area contributed by atoms with Crippen LogP contribution < -0.4 is 0 Å². The molecule has 4 nitrogen and oxygen atoms in total. The van der Waals surface area contributed by atoms with Gasteiger partial charge in [-0.1, -0.05) is 30.3 Å². The molecule has 1 aliphatic rings. The standard InChI is InChI=1S/C11H13NO3/c13-11(14)12(10-8-15-10)7-6-9-4-2-1-3-5-9/h1-5,10H,6-8H2,(H,13,14)/t10-/m1/s1. The molecule has 0 unspecified atom stereocenters. The van der Waals surface area contributed by atoms with Crippen LogP contribution in [0.15, 0.2) is 30.3 Å². The van der Waals surface area contributed by atoms with E-state index < -0.39 is 6.09 Å². The fourth-order valence-electron chi connectivity index (χ4n) is 1.48. The van der Waals surface area contributed by atoms with Crippen LogP contribution in [-0.4, -0.2) is 35.5 Å². The lowest BCUT2D eigenvalue weighted by Gasteiger charge is -2.15. The van der Waals surface area contributed by atoms with Gasteiger partial charge in [-0.2, -0.15) is 0 Å². The number of benzene rings is 1. The normalized spacial score (nSPS) is 18.5. The van der Waals surface area contributed by atoms with E-state index in [0.29, 0.717) is 13.2 Å². The van der Waals surface area contributed by atoms with Crippen LogP contribution >= 0.6 is 0 Å². The van der Waals surface area contributed by atoms with E-state index in [0.717, 1.165) is 12.0 Å². The molecule has 2 rings (SSSR count). The number of carbonyl (C=O) groups is 1. The molecule has 15 heavy (non-hydrogen) atoms. The van der Waals surface area contributed by atoms with Crippen molar-refractivity contribution in [3.8, 4) is 0 Å². The van der Waals surface area contributed by atoms with Crippen molar-refractivity contribution in [1.82, 2.24) is 4.90 Å². The van der Waals surface area contributed by atoms with Gasteiger partial charge in [0.05, 0.1) is 6.61 Å². The van der Waals surface area contributed by atoms with E-state index in [1.54, 1.807) is 0 Å². The zero-order valence-electron chi connectivity index (χ0n) is 8.30. The molecule has 1 aliphatic heterocycles. The van der Waals surface area contributed by atoms with Crippen molar-refractivity contribution < 1.29 is 14.6 Å². The first kappa shape index (κ1) is 9.98. The number of carboxylic acid groups (broad SMARTS) is 1. The average Bonchev–Trinajstić information content (AvgIpc) is 3.03. The van der Waals surface area contributed by atoms with Crippen LogP contribution in [0, 0.1) is 0 Å². The second-order valence-electron chi connectivity index (χ2n) is 3.50. The first-order chi connectivity index (χ1) is 7.27. The number of ether oxygens (including phenoxy) is 1. The Bertz CT molecular complexity index is 335. The topological polar surface area (TPSA) is 53.1 Å². The highest BCUT2D eigenvalue weighted by Gasteiger charge is 2.33. The fraction of sp³-hybridized carbons (Fsp3) is 0.364. The monoisotopic (exact) mass is 207 g/mol. The van der Waals surface area contributed by atoms with Crippen molar-refractivity contribution in [2.24, 2.45) is 0 Å². The molecule has 1 atom stereocenters. The molecule has 1 fully saturated rings. The molecular weight excluding hydrogens is 194 g/mol. The summed E-state index contributed by atoms with van der Waals surface area (Å²) in [7, 11) is 0. The van der Waals surface area contributed by atoms with Crippen molar-refractivity contribution in [1.29, 1.82) is 0 Å². The Morgan fingerprint density at radius 1 is 1.47 bits per heavy atom. The first-order valence-corrected chi connectivity index (χ1v) is 4.92. The summed E-state index contributed by atoms with van der Waals surface area (Å²) < 4.78 is 4.97. The largest absolute Gasteiger partial charge is 0.465 e. The van der Waals surface area contributed by atoms with Gasteiger partial charge in [-0.3, -0.25) is 4.90 Å². The minimum Gasteiger partial charge on any atom is -0.465 e. The molecule has 0 aliphatic carbocycles. The number of nitrogens with zero attached hydrogens (tertiary/aromatic N) is 1. The van der Waals surface area contributed by atoms with Gasteiger partial charge in [0.25, 0.3) is 0 Å². The molecule has 0 bridgehead atoms. The predicted molar refractivity (Wildman–Crippen MR) is 54.6 cm³/mol. The second kappa shape index (κ2) is 4.31. The van der Waals surface area contributed by atoms with Crippen LogP contribution in [-0.2, 0) is 11.2 Å². The molecule has 0 radical (unpaired) electrons. The Kier molecular flexibility index (Phi) is 2.87. The Morgan fingerprint density at radius 3 is 2.67 bits per heavy atom. The van der Waals surface area contributed by atoms with Gasteiger partial charge < -0.3 is 9.84 Å². The van der Waals surface area contributed by atoms with Crippen LogP contribution in [0.5, 0.6) is 0 Å². The summed E-state index contributed by atoms with van der Waals surface area (Å²) in [5, 5.41) is 8.91. The third kappa shape index (κ3) is 2.70.